The number of nitrogen functional groups attached to an aromatic ring is 3. The van der Waals surface area contributed by atoms with E-state index in [-0.39, 0.29) is 17.6 Å². The molecule has 1 heterocycles. The van der Waals surface area contributed by atoms with Crippen molar-refractivity contribution in [1.29, 1.82) is 0 Å². The van der Waals surface area contributed by atoms with Gasteiger partial charge in [-0.05, 0) is 23.8 Å². The summed E-state index contributed by atoms with van der Waals surface area (Å²) >= 11 is 0. The van der Waals surface area contributed by atoms with Gasteiger partial charge >= 0.3 is 0 Å². The second-order valence-electron chi connectivity index (χ2n) is 4.21. The molecule has 0 spiro atoms. The second-order valence-corrected chi connectivity index (χ2v) is 4.21. The van der Waals surface area contributed by atoms with Gasteiger partial charge in [-0.3, -0.25) is 0 Å². The van der Waals surface area contributed by atoms with E-state index in [1.165, 1.54) is 12.1 Å². The molecule has 1 unspecified atom stereocenters. The lowest BCUT2D eigenvalue weighted by Crippen LogP contribution is -2.08. The maximum Gasteiger partial charge on any atom is 0.149 e. The van der Waals surface area contributed by atoms with E-state index < -0.39 is 0 Å². The number of pyridine rings is 1. The number of aromatic nitrogens is 1. The summed E-state index contributed by atoms with van der Waals surface area (Å²) in [5.74, 6) is 0.274. The third-order valence-corrected chi connectivity index (χ3v) is 2.98. The van der Waals surface area contributed by atoms with Gasteiger partial charge in [0.1, 0.15) is 17.5 Å². The van der Waals surface area contributed by atoms with E-state index in [4.69, 9.17) is 17.2 Å². The molecule has 0 amide bonds. The Bertz CT molecular complexity index is 566. The van der Waals surface area contributed by atoms with Gasteiger partial charge in [-0.15, -0.1) is 0 Å². The van der Waals surface area contributed by atoms with Crippen molar-refractivity contribution in [3.63, 3.8) is 0 Å². The average molecular weight is 246 g/mol. The fraction of sp³-hybridized carbons (Fsp3) is 0.154. The Morgan fingerprint density at radius 1 is 1.06 bits per heavy atom. The molecule has 1 atom stereocenters. The van der Waals surface area contributed by atoms with E-state index >= 15 is 0 Å². The smallest absolute Gasteiger partial charge is 0.149 e. The summed E-state index contributed by atoms with van der Waals surface area (Å²) < 4.78 is 12.9. The van der Waals surface area contributed by atoms with Crippen LogP contribution in [0.15, 0.2) is 30.3 Å². The summed E-state index contributed by atoms with van der Waals surface area (Å²) in [5, 5.41) is 0. The quantitative estimate of drug-likeness (QED) is 0.757. The molecule has 0 aliphatic carbocycles. The molecule has 2 aromatic rings. The number of nitrogens with two attached hydrogens (primary N) is 3. The minimum atomic E-state index is -0.270. The lowest BCUT2D eigenvalue weighted by molar-refractivity contribution is 0.626. The fourth-order valence-corrected chi connectivity index (χ4v) is 1.85. The second kappa shape index (κ2) is 4.52. The lowest BCUT2D eigenvalue weighted by Gasteiger charge is -2.15. The van der Waals surface area contributed by atoms with Crippen molar-refractivity contribution >= 4 is 17.3 Å². The highest BCUT2D eigenvalue weighted by Crippen LogP contribution is 2.30. The maximum absolute atomic E-state index is 12.9. The zero-order chi connectivity index (χ0) is 13.3. The van der Waals surface area contributed by atoms with Gasteiger partial charge in [0, 0.05) is 11.5 Å². The predicted molar refractivity (Wildman–Crippen MR) is 71.4 cm³/mol. The summed E-state index contributed by atoms with van der Waals surface area (Å²) in [6.07, 6.45) is 0. The summed E-state index contributed by atoms with van der Waals surface area (Å²) in [6.45, 7) is 1.95. The molecule has 1 aromatic carbocycles. The van der Waals surface area contributed by atoms with E-state index in [1.54, 1.807) is 18.2 Å². The number of hydrogen-bond donors (Lipinski definition) is 3. The first-order valence-electron chi connectivity index (χ1n) is 5.56. The van der Waals surface area contributed by atoms with Gasteiger partial charge in [0.05, 0.1) is 5.69 Å². The molecule has 4 nitrogen and oxygen atoms in total. The topological polar surface area (TPSA) is 91.0 Å². The van der Waals surface area contributed by atoms with Crippen molar-refractivity contribution in [2.75, 3.05) is 17.2 Å². The molecule has 2 rings (SSSR count). The average Bonchev–Trinajstić information content (AvgIpc) is 2.34. The zero-order valence-corrected chi connectivity index (χ0v) is 10.0. The minimum absolute atomic E-state index is 0.0269. The van der Waals surface area contributed by atoms with Crippen LogP contribution in [0.3, 0.4) is 0 Å². The normalized spacial score (nSPS) is 12.3. The first-order chi connectivity index (χ1) is 8.49. The highest BCUT2D eigenvalue weighted by molar-refractivity contribution is 5.65. The van der Waals surface area contributed by atoms with Crippen LogP contribution in [0.25, 0.3) is 0 Å². The van der Waals surface area contributed by atoms with Crippen LogP contribution in [-0.4, -0.2) is 4.98 Å². The highest BCUT2D eigenvalue weighted by atomic mass is 19.1. The van der Waals surface area contributed by atoms with Crippen molar-refractivity contribution in [2.24, 2.45) is 0 Å². The number of rotatable bonds is 2. The highest BCUT2D eigenvalue weighted by Gasteiger charge is 2.14. The van der Waals surface area contributed by atoms with Crippen molar-refractivity contribution < 1.29 is 4.39 Å². The first-order valence-corrected chi connectivity index (χ1v) is 5.56. The molecule has 0 saturated heterocycles. The molecular weight excluding hydrogens is 231 g/mol. The van der Waals surface area contributed by atoms with Crippen LogP contribution in [0.1, 0.15) is 24.0 Å². The zero-order valence-electron chi connectivity index (χ0n) is 10.0. The molecule has 5 heteroatoms. The summed E-state index contributed by atoms with van der Waals surface area (Å²) in [6, 6.07) is 7.97. The third-order valence-electron chi connectivity index (χ3n) is 2.98. The van der Waals surface area contributed by atoms with Crippen molar-refractivity contribution in [3.05, 3.63) is 47.3 Å². The van der Waals surface area contributed by atoms with Crippen LogP contribution in [0.5, 0.6) is 0 Å². The standard InChI is InChI=1S/C13H15FN4/c1-7(8-2-4-9(14)5-3-8)10-6-11(15)13(17)18-12(10)16/h2-7H,15H2,1H3,(H4,16,17,18). The first kappa shape index (κ1) is 12.2. The number of halogens is 1. The van der Waals surface area contributed by atoms with E-state index in [1.807, 2.05) is 6.92 Å². The number of anilines is 3. The monoisotopic (exact) mass is 246 g/mol. The van der Waals surface area contributed by atoms with Crippen LogP contribution in [0.4, 0.5) is 21.7 Å². The van der Waals surface area contributed by atoms with Gasteiger partial charge in [0.15, 0.2) is 0 Å². The minimum Gasteiger partial charge on any atom is -0.396 e. The third kappa shape index (κ3) is 2.20. The van der Waals surface area contributed by atoms with Gasteiger partial charge in [-0.1, -0.05) is 19.1 Å². The number of nitrogens with zero attached hydrogens (tertiary/aromatic N) is 1. The lowest BCUT2D eigenvalue weighted by atomic mass is 9.93. The van der Waals surface area contributed by atoms with E-state index in [0.29, 0.717) is 11.5 Å². The van der Waals surface area contributed by atoms with E-state index in [9.17, 15) is 4.39 Å². The molecule has 0 aliphatic heterocycles. The predicted octanol–water partition coefficient (Wildman–Crippen LogP) is 2.12. The maximum atomic E-state index is 12.9. The summed E-state index contributed by atoms with van der Waals surface area (Å²) in [4.78, 5) is 3.99. The summed E-state index contributed by atoms with van der Waals surface area (Å²) in [5.41, 5.74) is 19.3. The Kier molecular flexibility index (Phi) is 3.06. The van der Waals surface area contributed by atoms with Crippen LogP contribution in [-0.2, 0) is 0 Å². The largest absolute Gasteiger partial charge is 0.396 e. The van der Waals surface area contributed by atoms with Crippen molar-refractivity contribution in [3.8, 4) is 0 Å². The van der Waals surface area contributed by atoms with Crippen LogP contribution in [0, 0.1) is 5.82 Å². The fourth-order valence-electron chi connectivity index (χ4n) is 1.85. The molecule has 6 N–H and O–H groups in total. The van der Waals surface area contributed by atoms with E-state index in [2.05, 4.69) is 4.98 Å². The molecule has 0 saturated carbocycles. The van der Waals surface area contributed by atoms with Crippen LogP contribution in [0.2, 0.25) is 0 Å². The molecule has 0 bridgehead atoms. The Hall–Kier alpha value is -2.30. The Labute approximate surface area is 105 Å². The van der Waals surface area contributed by atoms with Gasteiger partial charge in [-0.2, -0.15) is 0 Å². The van der Waals surface area contributed by atoms with Crippen molar-refractivity contribution in [1.82, 2.24) is 4.98 Å². The molecule has 0 radical (unpaired) electrons. The summed E-state index contributed by atoms with van der Waals surface area (Å²) in [7, 11) is 0. The van der Waals surface area contributed by atoms with Crippen LogP contribution >= 0.6 is 0 Å². The Morgan fingerprint density at radius 3 is 2.28 bits per heavy atom. The van der Waals surface area contributed by atoms with Gasteiger partial charge < -0.3 is 17.2 Å². The number of benzene rings is 1. The van der Waals surface area contributed by atoms with E-state index in [0.717, 1.165) is 11.1 Å². The SMILES string of the molecule is CC(c1ccc(F)cc1)c1cc(N)c(N)nc1N. The van der Waals surface area contributed by atoms with Gasteiger partial charge in [-0.25, -0.2) is 9.37 Å². The van der Waals surface area contributed by atoms with Gasteiger partial charge in [0.2, 0.25) is 0 Å². The molecule has 0 fully saturated rings. The molecule has 0 aliphatic rings. The van der Waals surface area contributed by atoms with Gasteiger partial charge in [0.25, 0.3) is 0 Å². The Balaban J connectivity index is 2.42. The molecule has 1 aromatic heterocycles. The van der Waals surface area contributed by atoms with Crippen molar-refractivity contribution in [2.45, 2.75) is 12.8 Å². The Morgan fingerprint density at radius 2 is 1.67 bits per heavy atom. The molecule has 94 valence electrons. The van der Waals surface area contributed by atoms with Crippen LogP contribution < -0.4 is 17.2 Å². The molecule has 18 heavy (non-hydrogen) atoms. The number of hydrogen-bond acceptors (Lipinski definition) is 4. The molecular formula is C13H15FN4.